The number of anilines is 2. The molecule has 1 rings (SSSR count). The standard InChI is InChI=1S/C14H20N2O4/c1-3-19-14(18)5-4-8-20-11-6-7-13(12(15)9-11)16-10(2)17/h6-7,9H,3-5,8,15H2,1-2H3,(H,16,17). The minimum atomic E-state index is -0.225. The maximum Gasteiger partial charge on any atom is 0.305 e. The summed E-state index contributed by atoms with van der Waals surface area (Å²) in [4.78, 5) is 22.1. The van der Waals surface area contributed by atoms with Crippen molar-refractivity contribution in [3.05, 3.63) is 18.2 Å². The summed E-state index contributed by atoms with van der Waals surface area (Å²) in [7, 11) is 0. The fourth-order valence-corrected chi connectivity index (χ4v) is 1.57. The molecule has 0 aliphatic carbocycles. The molecule has 0 heterocycles. The summed E-state index contributed by atoms with van der Waals surface area (Å²) in [6.45, 7) is 3.98. The average molecular weight is 280 g/mol. The van der Waals surface area contributed by atoms with Crippen molar-refractivity contribution in [2.45, 2.75) is 26.7 Å². The summed E-state index contributed by atoms with van der Waals surface area (Å²) in [5.74, 6) is 0.192. The zero-order valence-electron chi connectivity index (χ0n) is 11.8. The Balaban J connectivity index is 2.39. The molecule has 0 bridgehead atoms. The number of carbonyl (C=O) groups is 2. The SMILES string of the molecule is CCOC(=O)CCCOc1ccc(NC(C)=O)c(N)c1. The lowest BCUT2D eigenvalue weighted by Gasteiger charge is -2.10. The summed E-state index contributed by atoms with van der Waals surface area (Å²) in [5.41, 5.74) is 6.78. The van der Waals surface area contributed by atoms with E-state index in [4.69, 9.17) is 15.2 Å². The molecule has 0 radical (unpaired) electrons. The first-order valence-corrected chi connectivity index (χ1v) is 6.48. The topological polar surface area (TPSA) is 90.6 Å². The number of hydrogen-bond acceptors (Lipinski definition) is 5. The van der Waals surface area contributed by atoms with Crippen molar-refractivity contribution in [1.29, 1.82) is 0 Å². The second kappa shape index (κ2) is 8.04. The Kier molecular flexibility index (Phi) is 6.36. The fourth-order valence-electron chi connectivity index (χ4n) is 1.57. The van der Waals surface area contributed by atoms with Crippen LogP contribution in [0.4, 0.5) is 11.4 Å². The third-order valence-corrected chi connectivity index (χ3v) is 2.43. The van der Waals surface area contributed by atoms with Gasteiger partial charge in [0.2, 0.25) is 5.91 Å². The first kappa shape index (κ1) is 15.8. The average Bonchev–Trinajstić information content (AvgIpc) is 2.37. The Morgan fingerprint density at radius 1 is 1.35 bits per heavy atom. The Hall–Kier alpha value is -2.24. The van der Waals surface area contributed by atoms with Crippen molar-refractivity contribution >= 4 is 23.3 Å². The molecule has 0 unspecified atom stereocenters. The second-order valence-electron chi connectivity index (χ2n) is 4.19. The van der Waals surface area contributed by atoms with E-state index < -0.39 is 0 Å². The molecule has 0 fully saturated rings. The van der Waals surface area contributed by atoms with Gasteiger partial charge in [0.1, 0.15) is 5.75 Å². The molecule has 0 saturated heterocycles. The molecule has 0 spiro atoms. The van der Waals surface area contributed by atoms with Crippen LogP contribution in [-0.2, 0) is 14.3 Å². The molecule has 3 N–H and O–H groups in total. The van der Waals surface area contributed by atoms with Crippen LogP contribution in [0.2, 0.25) is 0 Å². The molecule has 20 heavy (non-hydrogen) atoms. The fraction of sp³-hybridized carbons (Fsp3) is 0.429. The lowest BCUT2D eigenvalue weighted by atomic mass is 10.2. The van der Waals surface area contributed by atoms with Crippen LogP contribution in [0.1, 0.15) is 26.7 Å². The lowest BCUT2D eigenvalue weighted by Crippen LogP contribution is -2.09. The summed E-state index contributed by atoms with van der Waals surface area (Å²) >= 11 is 0. The van der Waals surface area contributed by atoms with Gasteiger partial charge in [-0.1, -0.05) is 0 Å². The maximum atomic E-state index is 11.1. The van der Waals surface area contributed by atoms with Crippen molar-refractivity contribution < 1.29 is 19.1 Å². The Morgan fingerprint density at radius 3 is 2.70 bits per heavy atom. The largest absolute Gasteiger partial charge is 0.494 e. The van der Waals surface area contributed by atoms with Gasteiger partial charge in [0.05, 0.1) is 24.6 Å². The van der Waals surface area contributed by atoms with E-state index in [0.29, 0.717) is 43.2 Å². The number of nitrogen functional groups attached to an aromatic ring is 1. The summed E-state index contributed by atoms with van der Waals surface area (Å²) in [6.07, 6.45) is 0.902. The van der Waals surface area contributed by atoms with E-state index >= 15 is 0 Å². The quantitative estimate of drug-likeness (QED) is 0.452. The van der Waals surface area contributed by atoms with E-state index in [9.17, 15) is 9.59 Å². The van der Waals surface area contributed by atoms with Crippen molar-refractivity contribution in [2.75, 3.05) is 24.3 Å². The van der Waals surface area contributed by atoms with Crippen LogP contribution in [0, 0.1) is 0 Å². The number of ether oxygens (including phenoxy) is 2. The monoisotopic (exact) mass is 280 g/mol. The van der Waals surface area contributed by atoms with Crippen LogP contribution in [-0.4, -0.2) is 25.1 Å². The van der Waals surface area contributed by atoms with E-state index in [1.165, 1.54) is 6.92 Å². The smallest absolute Gasteiger partial charge is 0.305 e. The van der Waals surface area contributed by atoms with Gasteiger partial charge in [0.15, 0.2) is 0 Å². The van der Waals surface area contributed by atoms with Crippen LogP contribution in [0.25, 0.3) is 0 Å². The van der Waals surface area contributed by atoms with Crippen molar-refractivity contribution in [2.24, 2.45) is 0 Å². The van der Waals surface area contributed by atoms with Gasteiger partial charge in [-0.15, -0.1) is 0 Å². The molecular formula is C14H20N2O4. The van der Waals surface area contributed by atoms with Crippen LogP contribution in [0.5, 0.6) is 5.75 Å². The van der Waals surface area contributed by atoms with Crippen LogP contribution in [0.15, 0.2) is 18.2 Å². The number of rotatable bonds is 7. The molecule has 110 valence electrons. The highest BCUT2D eigenvalue weighted by Crippen LogP contribution is 2.24. The Bertz CT molecular complexity index is 474. The molecule has 1 aromatic rings. The summed E-state index contributed by atoms with van der Waals surface area (Å²) < 4.78 is 10.3. The first-order valence-electron chi connectivity index (χ1n) is 6.48. The van der Waals surface area contributed by atoms with Crippen LogP contribution in [0.3, 0.4) is 0 Å². The first-order chi connectivity index (χ1) is 9.52. The number of hydrogen-bond donors (Lipinski definition) is 2. The predicted octanol–water partition coefficient (Wildman–Crippen LogP) is 1.95. The molecule has 1 aromatic carbocycles. The van der Waals surface area contributed by atoms with Gasteiger partial charge in [0, 0.05) is 19.4 Å². The van der Waals surface area contributed by atoms with Gasteiger partial charge >= 0.3 is 5.97 Å². The summed E-state index contributed by atoms with van der Waals surface area (Å²) in [6, 6.07) is 5.03. The van der Waals surface area contributed by atoms with Gasteiger partial charge in [0.25, 0.3) is 0 Å². The summed E-state index contributed by atoms with van der Waals surface area (Å²) in [5, 5.41) is 2.62. The van der Waals surface area contributed by atoms with E-state index in [0.717, 1.165) is 0 Å². The van der Waals surface area contributed by atoms with Crippen molar-refractivity contribution in [3.63, 3.8) is 0 Å². The predicted molar refractivity (Wildman–Crippen MR) is 76.5 cm³/mol. The third kappa shape index (κ3) is 5.60. The van der Waals surface area contributed by atoms with E-state index in [2.05, 4.69) is 5.32 Å². The number of nitrogens with two attached hydrogens (primary N) is 1. The van der Waals surface area contributed by atoms with E-state index in [-0.39, 0.29) is 11.9 Å². The van der Waals surface area contributed by atoms with Gasteiger partial charge in [-0.05, 0) is 25.5 Å². The highest BCUT2D eigenvalue weighted by atomic mass is 16.5. The maximum absolute atomic E-state index is 11.1. The van der Waals surface area contributed by atoms with Crippen molar-refractivity contribution in [3.8, 4) is 5.75 Å². The molecule has 6 heteroatoms. The van der Waals surface area contributed by atoms with Crippen molar-refractivity contribution in [1.82, 2.24) is 0 Å². The normalized spacial score (nSPS) is 9.90. The highest BCUT2D eigenvalue weighted by Gasteiger charge is 2.04. The van der Waals surface area contributed by atoms with Crippen LogP contribution >= 0.6 is 0 Å². The molecule has 0 aliphatic heterocycles. The number of amides is 1. The zero-order chi connectivity index (χ0) is 15.0. The molecule has 0 aromatic heterocycles. The molecule has 0 saturated carbocycles. The second-order valence-corrected chi connectivity index (χ2v) is 4.19. The van der Waals surface area contributed by atoms with E-state index in [1.807, 2.05) is 0 Å². The van der Waals surface area contributed by atoms with Crippen LogP contribution < -0.4 is 15.8 Å². The van der Waals surface area contributed by atoms with Gasteiger partial charge in [-0.25, -0.2) is 0 Å². The molecule has 0 atom stereocenters. The van der Waals surface area contributed by atoms with Gasteiger partial charge in [-0.3, -0.25) is 9.59 Å². The third-order valence-electron chi connectivity index (χ3n) is 2.43. The molecule has 1 amide bonds. The highest BCUT2D eigenvalue weighted by molar-refractivity contribution is 5.92. The van der Waals surface area contributed by atoms with Gasteiger partial charge in [-0.2, -0.15) is 0 Å². The molecule has 0 aliphatic rings. The number of nitrogens with one attached hydrogen (secondary N) is 1. The molecular weight excluding hydrogens is 260 g/mol. The minimum absolute atomic E-state index is 0.181. The zero-order valence-corrected chi connectivity index (χ0v) is 11.8. The lowest BCUT2D eigenvalue weighted by molar-refractivity contribution is -0.143. The Morgan fingerprint density at radius 2 is 2.10 bits per heavy atom. The van der Waals surface area contributed by atoms with Gasteiger partial charge < -0.3 is 20.5 Å². The Labute approximate surface area is 118 Å². The number of esters is 1. The van der Waals surface area contributed by atoms with E-state index in [1.54, 1.807) is 25.1 Å². The number of benzene rings is 1. The molecule has 6 nitrogen and oxygen atoms in total. The minimum Gasteiger partial charge on any atom is -0.494 e. The number of carbonyl (C=O) groups excluding carboxylic acids is 2.